The number of Topliss-reactive ketones (excluding diaryl/α,β-unsaturated/α-hetero) is 1. The van der Waals surface area contributed by atoms with Crippen LogP contribution in [0.3, 0.4) is 0 Å². The molecule has 0 saturated heterocycles. The fraction of sp³-hybridized carbons (Fsp3) is 0.273. The zero-order valence-electron chi connectivity index (χ0n) is 8.23. The molecule has 0 spiro atoms. The highest BCUT2D eigenvalue weighted by Gasteiger charge is 2.34. The minimum atomic E-state index is -1.11. The average molecular weight is 206 g/mol. The summed E-state index contributed by atoms with van der Waals surface area (Å²) in [6.07, 6.45) is -1.11. The number of rotatable bonds is 1. The fourth-order valence-electron chi connectivity index (χ4n) is 1.56. The van der Waals surface area contributed by atoms with Crippen molar-refractivity contribution in [2.24, 2.45) is 0 Å². The Morgan fingerprint density at radius 2 is 2.20 bits per heavy atom. The van der Waals surface area contributed by atoms with Crippen molar-refractivity contribution in [3.63, 3.8) is 0 Å². The number of fused-ring (bicyclic) bond motifs is 1. The van der Waals surface area contributed by atoms with E-state index >= 15 is 0 Å². The molecule has 0 radical (unpaired) electrons. The Labute approximate surface area is 86.8 Å². The Morgan fingerprint density at radius 1 is 1.47 bits per heavy atom. The minimum absolute atomic E-state index is 0.266. The maximum Gasteiger partial charge on any atom is 0.343 e. The lowest BCUT2D eigenvalue weighted by molar-refractivity contribution is -0.151. The third kappa shape index (κ3) is 1.64. The molecule has 0 aliphatic carbocycles. The van der Waals surface area contributed by atoms with Crippen molar-refractivity contribution >= 4 is 11.8 Å². The van der Waals surface area contributed by atoms with Crippen molar-refractivity contribution in [2.45, 2.75) is 12.7 Å². The average Bonchev–Trinajstić information content (AvgIpc) is 2.29. The van der Waals surface area contributed by atoms with Gasteiger partial charge in [0.05, 0.1) is 13.7 Å². The van der Waals surface area contributed by atoms with Gasteiger partial charge in [0.15, 0.2) is 0 Å². The van der Waals surface area contributed by atoms with Crippen LogP contribution < -0.4 is 0 Å². The largest absolute Gasteiger partial charge is 0.467 e. The lowest BCUT2D eigenvalue weighted by Gasteiger charge is -2.21. The predicted molar refractivity (Wildman–Crippen MR) is 51.4 cm³/mol. The summed E-state index contributed by atoms with van der Waals surface area (Å²) in [5.74, 6) is -0.974. The van der Waals surface area contributed by atoms with Crippen molar-refractivity contribution in [3.8, 4) is 0 Å². The zero-order chi connectivity index (χ0) is 10.8. The highest BCUT2D eigenvalue weighted by Crippen LogP contribution is 2.20. The van der Waals surface area contributed by atoms with Crippen molar-refractivity contribution in [1.82, 2.24) is 0 Å². The highest BCUT2D eigenvalue weighted by atomic mass is 16.6. The van der Waals surface area contributed by atoms with Gasteiger partial charge in [0, 0.05) is 5.56 Å². The molecule has 0 amide bonds. The van der Waals surface area contributed by atoms with Crippen LogP contribution in [0.5, 0.6) is 0 Å². The van der Waals surface area contributed by atoms with Crippen molar-refractivity contribution in [3.05, 3.63) is 35.4 Å². The van der Waals surface area contributed by atoms with Gasteiger partial charge in [0.1, 0.15) is 0 Å². The van der Waals surface area contributed by atoms with Gasteiger partial charge < -0.3 is 9.47 Å². The summed E-state index contributed by atoms with van der Waals surface area (Å²) in [5.41, 5.74) is 1.35. The SMILES string of the molecule is COC(=O)C1OCc2ccccc2C1=O. The molecule has 1 aromatic carbocycles. The van der Waals surface area contributed by atoms with Crippen LogP contribution >= 0.6 is 0 Å². The molecule has 1 atom stereocenters. The third-order valence-corrected chi connectivity index (χ3v) is 2.34. The van der Waals surface area contributed by atoms with Crippen LogP contribution in [0.2, 0.25) is 0 Å². The normalized spacial score (nSPS) is 19.5. The van der Waals surface area contributed by atoms with Crippen LogP contribution in [0, 0.1) is 0 Å². The molecular formula is C11H10O4. The predicted octanol–water partition coefficient (Wildman–Crippen LogP) is 0.941. The molecule has 0 bridgehead atoms. The third-order valence-electron chi connectivity index (χ3n) is 2.34. The molecule has 0 saturated carbocycles. The number of ketones is 1. The van der Waals surface area contributed by atoms with Gasteiger partial charge in [-0.15, -0.1) is 0 Å². The van der Waals surface area contributed by atoms with Gasteiger partial charge in [-0.3, -0.25) is 4.79 Å². The maximum absolute atomic E-state index is 11.8. The Balaban J connectivity index is 2.34. The molecule has 1 unspecified atom stereocenters. The van der Waals surface area contributed by atoms with Gasteiger partial charge in [0.2, 0.25) is 11.9 Å². The molecule has 0 fully saturated rings. The summed E-state index contributed by atoms with van der Waals surface area (Å²) in [4.78, 5) is 23.0. The van der Waals surface area contributed by atoms with E-state index in [2.05, 4.69) is 4.74 Å². The van der Waals surface area contributed by atoms with E-state index in [4.69, 9.17) is 4.74 Å². The first-order valence-electron chi connectivity index (χ1n) is 4.55. The number of carbonyl (C=O) groups excluding carboxylic acids is 2. The summed E-state index contributed by atoms with van der Waals surface area (Å²) in [6.45, 7) is 0.266. The molecule has 0 aromatic heterocycles. The second-order valence-electron chi connectivity index (χ2n) is 3.24. The van der Waals surface area contributed by atoms with Crippen LogP contribution in [0.15, 0.2) is 24.3 Å². The van der Waals surface area contributed by atoms with E-state index in [1.165, 1.54) is 7.11 Å². The monoisotopic (exact) mass is 206 g/mol. The van der Waals surface area contributed by atoms with Gasteiger partial charge in [0.25, 0.3) is 0 Å². The van der Waals surface area contributed by atoms with Crippen molar-refractivity contribution in [1.29, 1.82) is 0 Å². The van der Waals surface area contributed by atoms with Gasteiger partial charge >= 0.3 is 5.97 Å². The minimum Gasteiger partial charge on any atom is -0.467 e. The number of benzene rings is 1. The molecule has 4 heteroatoms. The molecule has 15 heavy (non-hydrogen) atoms. The summed E-state index contributed by atoms with van der Waals surface area (Å²) in [7, 11) is 1.24. The number of methoxy groups -OCH3 is 1. The van der Waals surface area contributed by atoms with Crippen LogP contribution in [-0.2, 0) is 20.9 Å². The molecule has 2 rings (SSSR count). The number of ether oxygens (including phenoxy) is 2. The van der Waals surface area contributed by atoms with Crippen LogP contribution in [0.1, 0.15) is 15.9 Å². The Kier molecular flexibility index (Phi) is 2.51. The molecule has 1 aliphatic rings. The summed E-state index contributed by atoms with van der Waals surface area (Å²) < 4.78 is 9.64. The van der Waals surface area contributed by atoms with Crippen LogP contribution in [0.25, 0.3) is 0 Å². The van der Waals surface area contributed by atoms with Gasteiger partial charge in [-0.25, -0.2) is 4.79 Å². The molecule has 1 heterocycles. The Morgan fingerprint density at radius 3 is 2.93 bits per heavy atom. The Hall–Kier alpha value is -1.68. The van der Waals surface area contributed by atoms with Gasteiger partial charge in [-0.05, 0) is 5.56 Å². The van der Waals surface area contributed by atoms with Crippen molar-refractivity contribution < 1.29 is 19.1 Å². The van der Waals surface area contributed by atoms with E-state index in [1.807, 2.05) is 6.07 Å². The van der Waals surface area contributed by atoms with E-state index in [0.29, 0.717) is 5.56 Å². The summed E-state index contributed by atoms with van der Waals surface area (Å²) in [5, 5.41) is 0. The molecule has 0 N–H and O–H groups in total. The summed E-state index contributed by atoms with van der Waals surface area (Å²) >= 11 is 0. The van der Waals surface area contributed by atoms with Gasteiger partial charge in [-0.1, -0.05) is 24.3 Å². The highest BCUT2D eigenvalue weighted by molar-refractivity contribution is 6.12. The van der Waals surface area contributed by atoms with Gasteiger partial charge in [-0.2, -0.15) is 0 Å². The number of carbonyl (C=O) groups is 2. The number of hydrogen-bond donors (Lipinski definition) is 0. The van der Waals surface area contributed by atoms with Crippen molar-refractivity contribution in [2.75, 3.05) is 7.11 Å². The standard InChI is InChI=1S/C11H10O4/c1-14-11(13)10-9(12)8-5-3-2-4-7(8)6-15-10/h2-5,10H,6H2,1H3. The van der Waals surface area contributed by atoms with E-state index < -0.39 is 12.1 Å². The maximum atomic E-state index is 11.8. The van der Waals surface area contributed by atoms with Crippen LogP contribution in [-0.4, -0.2) is 25.0 Å². The zero-order valence-corrected chi connectivity index (χ0v) is 8.23. The summed E-state index contributed by atoms with van der Waals surface area (Å²) in [6, 6.07) is 7.08. The first kappa shape index (κ1) is 9.86. The molecule has 1 aromatic rings. The molecular weight excluding hydrogens is 196 g/mol. The lowest BCUT2D eigenvalue weighted by atomic mass is 9.98. The first-order chi connectivity index (χ1) is 7.24. The fourth-order valence-corrected chi connectivity index (χ4v) is 1.56. The van der Waals surface area contributed by atoms with E-state index in [-0.39, 0.29) is 12.4 Å². The molecule has 1 aliphatic heterocycles. The molecule has 4 nitrogen and oxygen atoms in total. The number of hydrogen-bond acceptors (Lipinski definition) is 4. The quantitative estimate of drug-likeness (QED) is 0.507. The topological polar surface area (TPSA) is 52.6 Å². The Bertz CT molecular complexity index is 411. The van der Waals surface area contributed by atoms with E-state index in [9.17, 15) is 9.59 Å². The van der Waals surface area contributed by atoms with E-state index in [0.717, 1.165) is 5.56 Å². The van der Waals surface area contributed by atoms with E-state index in [1.54, 1.807) is 18.2 Å². The smallest absolute Gasteiger partial charge is 0.343 e. The first-order valence-corrected chi connectivity index (χ1v) is 4.55. The number of esters is 1. The second kappa shape index (κ2) is 3.82. The second-order valence-corrected chi connectivity index (χ2v) is 3.24. The lowest BCUT2D eigenvalue weighted by Crippen LogP contribution is -2.37. The molecule has 78 valence electrons. The van der Waals surface area contributed by atoms with Crippen LogP contribution in [0.4, 0.5) is 0 Å².